The summed E-state index contributed by atoms with van der Waals surface area (Å²) in [6.07, 6.45) is 0.575. The second-order valence-corrected chi connectivity index (χ2v) is 7.94. The molecule has 1 unspecified atom stereocenters. The Labute approximate surface area is 151 Å². The van der Waals surface area contributed by atoms with Crippen LogP contribution < -0.4 is 9.47 Å². The molecule has 0 radical (unpaired) electrons. The van der Waals surface area contributed by atoms with Gasteiger partial charge < -0.3 is 18.6 Å². The van der Waals surface area contributed by atoms with Crippen molar-refractivity contribution < 1.29 is 27.0 Å². The first kappa shape index (κ1) is 18.6. The van der Waals surface area contributed by atoms with Gasteiger partial charge in [0.25, 0.3) is 5.89 Å². The lowest BCUT2D eigenvalue weighted by atomic mass is 10.2. The van der Waals surface area contributed by atoms with Crippen LogP contribution in [0.15, 0.2) is 22.6 Å². The Morgan fingerprint density at radius 1 is 1.31 bits per heavy atom. The van der Waals surface area contributed by atoms with Crippen LogP contribution in [0.5, 0.6) is 11.5 Å². The number of benzene rings is 1. The van der Waals surface area contributed by atoms with Gasteiger partial charge in [0.1, 0.15) is 6.10 Å². The normalized spacial score (nSPS) is 18.7. The van der Waals surface area contributed by atoms with E-state index in [1.807, 2.05) is 19.1 Å². The number of rotatable bonds is 6. The Morgan fingerprint density at radius 2 is 2.12 bits per heavy atom. The summed E-state index contributed by atoms with van der Waals surface area (Å²) in [6.45, 7) is 2.75. The quantitative estimate of drug-likeness (QED) is 0.735. The van der Waals surface area contributed by atoms with E-state index < -0.39 is 16.1 Å². The van der Waals surface area contributed by atoms with Crippen LogP contribution in [0.25, 0.3) is 0 Å². The fourth-order valence-electron chi connectivity index (χ4n) is 2.56. The van der Waals surface area contributed by atoms with Gasteiger partial charge in [0.05, 0.1) is 20.0 Å². The monoisotopic (exact) mass is 383 g/mol. The highest BCUT2D eigenvalue weighted by Crippen LogP contribution is 2.29. The van der Waals surface area contributed by atoms with Crippen LogP contribution in [-0.2, 0) is 21.4 Å². The van der Waals surface area contributed by atoms with E-state index in [2.05, 4.69) is 10.2 Å². The van der Waals surface area contributed by atoms with Gasteiger partial charge in [-0.25, -0.2) is 8.42 Å². The highest BCUT2D eigenvalue weighted by atomic mass is 32.2. The van der Waals surface area contributed by atoms with Crippen molar-refractivity contribution in [3.63, 3.8) is 0 Å². The number of aryl methyl sites for hydroxylation is 1. The molecule has 1 aliphatic heterocycles. The largest absolute Gasteiger partial charge is 0.493 e. The fraction of sp³-hybridized carbons (Fsp3) is 0.500. The molecule has 0 aliphatic carbocycles. The molecule has 26 heavy (non-hydrogen) atoms. The molecule has 1 aromatic heterocycles. The second kappa shape index (κ2) is 7.60. The van der Waals surface area contributed by atoms with Gasteiger partial charge in [0.2, 0.25) is 15.9 Å². The number of hydrogen-bond donors (Lipinski definition) is 0. The summed E-state index contributed by atoms with van der Waals surface area (Å²) < 4.78 is 46.8. The molecule has 10 heteroatoms. The average molecular weight is 383 g/mol. The molecule has 0 amide bonds. The van der Waals surface area contributed by atoms with Crippen molar-refractivity contribution in [2.24, 2.45) is 0 Å². The van der Waals surface area contributed by atoms with Crippen LogP contribution in [-0.4, -0.2) is 56.0 Å². The Bertz CT molecular complexity index is 867. The Balaban J connectivity index is 1.65. The van der Waals surface area contributed by atoms with Crippen molar-refractivity contribution in [1.82, 2.24) is 14.5 Å². The number of morpholine rings is 1. The highest BCUT2D eigenvalue weighted by molar-refractivity contribution is 7.88. The van der Waals surface area contributed by atoms with Crippen molar-refractivity contribution in [2.75, 3.05) is 33.1 Å². The van der Waals surface area contributed by atoms with Crippen molar-refractivity contribution in [3.8, 4) is 11.5 Å². The molecule has 2 aromatic rings. The minimum atomic E-state index is -3.29. The fourth-order valence-corrected chi connectivity index (χ4v) is 3.38. The molecular weight excluding hydrogens is 362 g/mol. The first-order chi connectivity index (χ1) is 12.4. The van der Waals surface area contributed by atoms with Crippen LogP contribution in [0.4, 0.5) is 0 Å². The molecule has 1 aliphatic rings. The van der Waals surface area contributed by atoms with Gasteiger partial charge in [-0.15, -0.1) is 10.2 Å². The molecule has 9 nitrogen and oxygen atoms in total. The topological polar surface area (TPSA) is 104 Å². The molecule has 1 atom stereocenters. The number of nitrogens with zero attached hydrogens (tertiary/aromatic N) is 3. The molecule has 0 saturated carbocycles. The van der Waals surface area contributed by atoms with Crippen LogP contribution in [0.1, 0.15) is 23.4 Å². The van der Waals surface area contributed by atoms with Crippen molar-refractivity contribution in [3.05, 3.63) is 35.5 Å². The van der Waals surface area contributed by atoms with Crippen LogP contribution >= 0.6 is 0 Å². The Hall–Kier alpha value is -2.17. The smallest absolute Gasteiger partial charge is 0.254 e. The van der Waals surface area contributed by atoms with E-state index in [9.17, 15) is 8.42 Å². The molecule has 0 N–H and O–H groups in total. The van der Waals surface area contributed by atoms with Gasteiger partial charge in [0, 0.05) is 13.1 Å². The van der Waals surface area contributed by atoms with Gasteiger partial charge in [-0.05, 0) is 24.6 Å². The zero-order chi connectivity index (χ0) is 18.7. The van der Waals surface area contributed by atoms with E-state index in [1.165, 1.54) is 4.31 Å². The molecule has 1 fully saturated rings. The van der Waals surface area contributed by atoms with Gasteiger partial charge in [-0.2, -0.15) is 4.31 Å². The number of aromatic nitrogens is 2. The lowest BCUT2D eigenvalue weighted by Crippen LogP contribution is -2.41. The summed E-state index contributed by atoms with van der Waals surface area (Å²) >= 11 is 0. The zero-order valence-electron chi connectivity index (χ0n) is 14.8. The third kappa shape index (κ3) is 4.32. The van der Waals surface area contributed by atoms with Gasteiger partial charge in [0.15, 0.2) is 18.1 Å². The van der Waals surface area contributed by atoms with Gasteiger partial charge in [-0.1, -0.05) is 6.07 Å². The Morgan fingerprint density at radius 3 is 2.85 bits per heavy atom. The molecule has 2 heterocycles. The Kier molecular flexibility index (Phi) is 5.44. The predicted octanol–water partition coefficient (Wildman–Crippen LogP) is 1.30. The van der Waals surface area contributed by atoms with E-state index in [1.54, 1.807) is 13.2 Å². The van der Waals surface area contributed by atoms with Gasteiger partial charge in [-0.3, -0.25) is 0 Å². The summed E-state index contributed by atoms with van der Waals surface area (Å²) in [4.78, 5) is 0. The van der Waals surface area contributed by atoms with Crippen molar-refractivity contribution in [1.29, 1.82) is 0 Å². The molecule has 1 aromatic carbocycles. The number of methoxy groups -OCH3 is 1. The zero-order valence-corrected chi connectivity index (χ0v) is 15.7. The minimum Gasteiger partial charge on any atom is -0.493 e. The number of hydrogen-bond acceptors (Lipinski definition) is 8. The summed E-state index contributed by atoms with van der Waals surface area (Å²) in [5.74, 6) is 1.68. The third-order valence-corrected chi connectivity index (χ3v) is 5.20. The molecule has 142 valence electrons. The maximum absolute atomic E-state index is 11.7. The van der Waals surface area contributed by atoms with E-state index >= 15 is 0 Å². The van der Waals surface area contributed by atoms with E-state index in [4.69, 9.17) is 18.6 Å². The predicted molar refractivity (Wildman–Crippen MR) is 91.5 cm³/mol. The molecule has 1 saturated heterocycles. The summed E-state index contributed by atoms with van der Waals surface area (Å²) in [6, 6.07) is 5.58. The summed E-state index contributed by atoms with van der Waals surface area (Å²) in [5, 5.41) is 7.89. The number of ether oxygens (including phenoxy) is 3. The molecule has 0 bridgehead atoms. The SMILES string of the molecule is COc1cc(C)ccc1OCc1nnc(C2CN(S(C)(=O)=O)CCO2)o1. The lowest BCUT2D eigenvalue weighted by molar-refractivity contribution is -0.0180. The van der Waals surface area contributed by atoms with E-state index in [0.29, 0.717) is 18.0 Å². The van der Waals surface area contributed by atoms with Crippen molar-refractivity contribution in [2.45, 2.75) is 19.6 Å². The minimum absolute atomic E-state index is 0.0644. The highest BCUT2D eigenvalue weighted by Gasteiger charge is 2.31. The molecule has 3 rings (SSSR count). The first-order valence-corrected chi connectivity index (χ1v) is 9.88. The third-order valence-electron chi connectivity index (χ3n) is 3.93. The van der Waals surface area contributed by atoms with Crippen LogP contribution in [0.2, 0.25) is 0 Å². The summed E-state index contributed by atoms with van der Waals surface area (Å²) in [7, 11) is -1.72. The van der Waals surface area contributed by atoms with E-state index in [-0.39, 0.29) is 31.5 Å². The molecular formula is C16H21N3O6S. The summed E-state index contributed by atoms with van der Waals surface area (Å²) in [5.41, 5.74) is 1.05. The second-order valence-electron chi connectivity index (χ2n) is 5.96. The molecule has 0 spiro atoms. The van der Waals surface area contributed by atoms with Crippen LogP contribution in [0.3, 0.4) is 0 Å². The standard InChI is InChI=1S/C16H21N3O6S/c1-11-4-5-12(13(8-11)22-2)24-10-15-17-18-16(25-15)14-9-19(6-7-23-14)26(3,20)21/h4-5,8,14H,6-7,9-10H2,1-3H3. The van der Waals surface area contributed by atoms with Crippen LogP contribution in [0, 0.1) is 6.92 Å². The van der Waals surface area contributed by atoms with Gasteiger partial charge >= 0.3 is 0 Å². The average Bonchev–Trinajstić information content (AvgIpc) is 3.09. The maximum Gasteiger partial charge on any atom is 0.254 e. The number of sulfonamides is 1. The lowest BCUT2D eigenvalue weighted by Gasteiger charge is -2.29. The van der Waals surface area contributed by atoms with E-state index in [0.717, 1.165) is 11.8 Å². The van der Waals surface area contributed by atoms with Crippen molar-refractivity contribution >= 4 is 10.0 Å². The maximum atomic E-state index is 11.7. The first-order valence-electron chi connectivity index (χ1n) is 8.03.